The van der Waals surface area contributed by atoms with E-state index in [0.29, 0.717) is 24.6 Å². The first-order valence-corrected chi connectivity index (χ1v) is 10.9. The van der Waals surface area contributed by atoms with Crippen molar-refractivity contribution in [2.24, 2.45) is 23.2 Å². The van der Waals surface area contributed by atoms with Gasteiger partial charge in [-0.2, -0.15) is 0 Å². The first-order valence-electron chi connectivity index (χ1n) is 10.9. The van der Waals surface area contributed by atoms with Crippen molar-refractivity contribution in [1.29, 1.82) is 0 Å². The molecule has 0 radical (unpaired) electrons. The van der Waals surface area contributed by atoms with Gasteiger partial charge in [0.2, 0.25) is 0 Å². The van der Waals surface area contributed by atoms with Crippen molar-refractivity contribution < 1.29 is 24.6 Å². The van der Waals surface area contributed by atoms with Crippen LogP contribution in [0.2, 0.25) is 0 Å². The number of phenolic OH excluding ortho intramolecular Hbond substituents is 1. The number of nitrogens with one attached hydrogen (secondary N) is 1. The van der Waals surface area contributed by atoms with Crippen LogP contribution in [0.5, 0.6) is 5.75 Å². The number of ether oxygens (including phenoxy) is 1. The van der Waals surface area contributed by atoms with Gasteiger partial charge in [-0.05, 0) is 61.1 Å². The maximum Gasteiger partial charge on any atom is 0.315 e. The Morgan fingerprint density at radius 3 is 2.97 bits per heavy atom. The lowest BCUT2D eigenvalue weighted by molar-refractivity contribution is -0.886. The molecule has 2 saturated carbocycles. The van der Waals surface area contributed by atoms with Crippen LogP contribution < -0.4 is 4.90 Å². The second kappa shape index (κ2) is 7.77. The molecule has 0 spiro atoms. The molecule has 1 unspecified atom stereocenters. The van der Waals surface area contributed by atoms with E-state index >= 15 is 0 Å². The molecular weight excluding hydrogens is 366 g/mol. The fourth-order valence-corrected chi connectivity index (χ4v) is 6.13. The first-order chi connectivity index (χ1) is 13.8. The smallest absolute Gasteiger partial charge is 0.315 e. The zero-order valence-corrected chi connectivity index (χ0v) is 17.6. The van der Waals surface area contributed by atoms with E-state index in [-0.39, 0.29) is 35.1 Å². The molecule has 1 aliphatic heterocycles. The monoisotopic (exact) mass is 400 g/mol. The second-order valence-electron chi connectivity index (χ2n) is 9.88. The fraction of sp³-hybridized carbons (Fsp3) is 0.625. The number of aliphatic hydroxyl groups excluding tert-OH is 1. The molecule has 2 aliphatic carbocycles. The molecule has 1 saturated heterocycles. The summed E-state index contributed by atoms with van der Waals surface area (Å²) >= 11 is 0. The largest absolute Gasteiger partial charge is 0.508 e. The van der Waals surface area contributed by atoms with Crippen LogP contribution in [0, 0.1) is 23.2 Å². The van der Waals surface area contributed by atoms with E-state index in [4.69, 9.17) is 4.74 Å². The van der Waals surface area contributed by atoms with Gasteiger partial charge >= 0.3 is 5.97 Å². The molecule has 3 N–H and O–H groups in total. The zero-order valence-electron chi connectivity index (χ0n) is 17.6. The first kappa shape index (κ1) is 20.4. The van der Waals surface area contributed by atoms with Crippen molar-refractivity contribution in [2.75, 3.05) is 20.1 Å². The van der Waals surface area contributed by atoms with E-state index in [9.17, 15) is 15.0 Å². The molecule has 5 heteroatoms. The van der Waals surface area contributed by atoms with Crippen LogP contribution >= 0.6 is 0 Å². The Balaban J connectivity index is 1.42. The van der Waals surface area contributed by atoms with E-state index in [0.717, 1.165) is 24.2 Å². The molecule has 29 heavy (non-hydrogen) atoms. The third kappa shape index (κ3) is 3.95. The molecule has 1 aromatic rings. The molecule has 0 amide bonds. The fourth-order valence-electron chi connectivity index (χ4n) is 6.13. The maximum atomic E-state index is 12.7. The van der Waals surface area contributed by atoms with Crippen molar-refractivity contribution in [2.45, 2.75) is 51.2 Å². The minimum atomic E-state index is -0.678. The van der Waals surface area contributed by atoms with Gasteiger partial charge in [-0.25, -0.2) is 0 Å². The van der Waals surface area contributed by atoms with Gasteiger partial charge in [0.05, 0.1) is 13.6 Å². The lowest BCUT2D eigenvalue weighted by atomic mass is 9.55. The van der Waals surface area contributed by atoms with Crippen LogP contribution in [0.3, 0.4) is 0 Å². The van der Waals surface area contributed by atoms with Crippen LogP contribution in [-0.2, 0) is 9.53 Å². The number of hydrogen-bond donors (Lipinski definition) is 3. The van der Waals surface area contributed by atoms with Gasteiger partial charge in [-0.15, -0.1) is 0 Å². The molecule has 1 heterocycles. The van der Waals surface area contributed by atoms with E-state index < -0.39 is 6.10 Å². The van der Waals surface area contributed by atoms with E-state index in [1.165, 1.54) is 18.4 Å². The quantitative estimate of drug-likeness (QED) is 0.524. The van der Waals surface area contributed by atoms with Gasteiger partial charge in [0.1, 0.15) is 30.4 Å². The Labute approximate surface area is 173 Å². The summed E-state index contributed by atoms with van der Waals surface area (Å²) in [6.45, 7) is 7.85. The molecule has 1 aromatic carbocycles. The van der Waals surface area contributed by atoms with E-state index in [1.54, 1.807) is 18.2 Å². The highest BCUT2D eigenvalue weighted by Crippen LogP contribution is 2.56. The highest BCUT2D eigenvalue weighted by Gasteiger charge is 2.55. The SMILES string of the molecule is C=C1CCC[C@]2(C)C[C@H]3OC(=O)[C@H](C[NH+](C)C[C@H](O)c4cccc(O)c4)[C@H]3C[C@@H]12. The average Bonchev–Trinajstić information content (AvgIpc) is 2.94. The second-order valence-corrected chi connectivity index (χ2v) is 9.88. The van der Waals surface area contributed by atoms with Crippen LogP contribution in [0.1, 0.15) is 50.7 Å². The van der Waals surface area contributed by atoms with Crippen LogP contribution in [0.15, 0.2) is 36.4 Å². The van der Waals surface area contributed by atoms with Crippen molar-refractivity contribution >= 4 is 5.97 Å². The van der Waals surface area contributed by atoms with Crippen molar-refractivity contribution in [3.05, 3.63) is 42.0 Å². The van der Waals surface area contributed by atoms with Gasteiger partial charge in [-0.3, -0.25) is 4.79 Å². The van der Waals surface area contributed by atoms with E-state index in [1.807, 2.05) is 13.1 Å². The predicted octanol–water partition coefficient (Wildman–Crippen LogP) is 2.25. The number of hydrogen-bond acceptors (Lipinski definition) is 4. The summed E-state index contributed by atoms with van der Waals surface area (Å²) in [6.07, 6.45) is 4.81. The average molecular weight is 401 g/mol. The Hall–Kier alpha value is -1.85. The molecular formula is C24H34NO4+. The number of aromatic hydroxyl groups is 1. The lowest BCUT2D eigenvalue weighted by Gasteiger charge is -2.50. The van der Waals surface area contributed by atoms with E-state index in [2.05, 4.69) is 13.5 Å². The number of benzene rings is 1. The minimum absolute atomic E-state index is 0.0310. The lowest BCUT2D eigenvalue weighted by Crippen LogP contribution is -3.10. The Bertz CT molecular complexity index is 793. The third-order valence-electron chi connectivity index (χ3n) is 7.69. The Kier molecular flexibility index (Phi) is 5.47. The Morgan fingerprint density at radius 1 is 1.41 bits per heavy atom. The Morgan fingerprint density at radius 2 is 2.21 bits per heavy atom. The summed E-state index contributed by atoms with van der Waals surface area (Å²) in [5.41, 5.74) is 2.27. The van der Waals surface area contributed by atoms with Gasteiger partial charge in [0, 0.05) is 5.92 Å². The number of carbonyl (C=O) groups is 1. The minimum Gasteiger partial charge on any atom is -0.508 e. The summed E-state index contributed by atoms with van der Waals surface area (Å²) in [5.74, 6) is 0.713. The zero-order chi connectivity index (χ0) is 20.8. The molecule has 0 bridgehead atoms. The van der Waals surface area contributed by atoms with Crippen LogP contribution in [0.4, 0.5) is 0 Å². The summed E-state index contributed by atoms with van der Waals surface area (Å²) < 4.78 is 5.86. The van der Waals surface area contributed by atoms with Gasteiger partial charge in [0.15, 0.2) is 0 Å². The molecule has 0 aromatic heterocycles. The van der Waals surface area contributed by atoms with Crippen LogP contribution in [-0.4, -0.2) is 42.4 Å². The topological polar surface area (TPSA) is 71.2 Å². The standard InChI is InChI=1S/C24H33NO4/c1-15-6-5-9-24(2)12-22-18(11-20(15)24)19(23(28)29-22)13-25(3)14-21(27)16-7-4-8-17(26)10-16/h4,7-8,10,18-22,26-27H,1,5-6,9,11-14H2,2-3H3/p+1/t18-,19-,20+,21+,22-,24-/m1/s1. The van der Waals surface area contributed by atoms with Gasteiger partial charge < -0.3 is 19.8 Å². The molecule has 7 atom stereocenters. The third-order valence-corrected chi connectivity index (χ3v) is 7.69. The summed E-state index contributed by atoms with van der Waals surface area (Å²) in [7, 11) is 2.01. The molecule has 158 valence electrons. The number of carbonyl (C=O) groups excluding carboxylic acids is 1. The summed E-state index contributed by atoms with van der Waals surface area (Å²) in [6, 6.07) is 6.73. The summed E-state index contributed by atoms with van der Waals surface area (Å²) in [4.78, 5) is 13.8. The van der Waals surface area contributed by atoms with Gasteiger partial charge in [-0.1, -0.05) is 31.2 Å². The van der Waals surface area contributed by atoms with Gasteiger partial charge in [0.25, 0.3) is 0 Å². The number of aliphatic hydroxyl groups is 1. The normalized spacial score (nSPS) is 36.1. The van der Waals surface area contributed by atoms with Crippen LogP contribution in [0.25, 0.3) is 0 Å². The molecule has 3 aliphatic rings. The molecule has 5 nitrogen and oxygen atoms in total. The summed E-state index contributed by atoms with van der Waals surface area (Å²) in [5, 5.41) is 20.2. The number of esters is 1. The number of allylic oxidation sites excluding steroid dienone is 1. The number of rotatable bonds is 5. The van der Waals surface area contributed by atoms with Crippen molar-refractivity contribution in [3.8, 4) is 5.75 Å². The molecule has 4 rings (SSSR count). The predicted molar refractivity (Wildman–Crippen MR) is 110 cm³/mol. The number of phenols is 1. The number of quaternary nitrogens is 1. The maximum absolute atomic E-state index is 12.7. The van der Waals surface area contributed by atoms with Crippen molar-refractivity contribution in [3.63, 3.8) is 0 Å². The highest BCUT2D eigenvalue weighted by atomic mass is 16.6. The highest BCUT2D eigenvalue weighted by molar-refractivity contribution is 5.75. The van der Waals surface area contributed by atoms with Crippen molar-refractivity contribution in [1.82, 2.24) is 0 Å². The molecule has 3 fully saturated rings. The number of likely N-dealkylation sites (N-methyl/N-ethyl adjacent to an activating group) is 1. The number of fused-ring (bicyclic) bond motifs is 2.